The number of phenolic OH excluding ortho intramolecular Hbond substituents is 1. The van der Waals surface area contributed by atoms with E-state index in [1.165, 1.54) is 24.3 Å². The van der Waals surface area contributed by atoms with Crippen LogP contribution in [0.15, 0.2) is 50.2 Å². The summed E-state index contributed by atoms with van der Waals surface area (Å²) in [5.74, 6) is -0.0137. The maximum absolute atomic E-state index is 12.3. The highest BCUT2D eigenvalue weighted by Gasteiger charge is 2.18. The fourth-order valence-corrected chi connectivity index (χ4v) is 4.19. The lowest BCUT2D eigenvalue weighted by molar-refractivity contribution is 0.467. The number of aromatic hydroxyl groups is 1. The van der Waals surface area contributed by atoms with Crippen LogP contribution < -0.4 is 10.5 Å². The first-order valence-electron chi connectivity index (χ1n) is 5.82. The van der Waals surface area contributed by atoms with Crippen molar-refractivity contribution in [2.75, 3.05) is 5.73 Å². The fraction of sp³-hybridized carbons (Fsp3) is 0.0769. The summed E-state index contributed by atoms with van der Waals surface area (Å²) in [7, 11) is -3.72. The average molecular weight is 436 g/mol. The van der Waals surface area contributed by atoms with Gasteiger partial charge in [0, 0.05) is 26.7 Å². The Hall–Kier alpha value is -1.09. The third-order valence-electron chi connectivity index (χ3n) is 2.74. The van der Waals surface area contributed by atoms with Crippen molar-refractivity contribution in [1.82, 2.24) is 4.72 Å². The van der Waals surface area contributed by atoms with Crippen LogP contribution >= 0.6 is 31.9 Å². The Morgan fingerprint density at radius 2 is 1.86 bits per heavy atom. The number of halogens is 2. The number of nitrogen functional groups attached to an aromatic ring is 1. The number of rotatable bonds is 4. The van der Waals surface area contributed by atoms with Crippen molar-refractivity contribution in [3.63, 3.8) is 0 Å². The van der Waals surface area contributed by atoms with E-state index in [4.69, 9.17) is 5.73 Å². The van der Waals surface area contributed by atoms with Crippen molar-refractivity contribution in [2.45, 2.75) is 11.4 Å². The summed E-state index contributed by atoms with van der Waals surface area (Å²) in [4.78, 5) is 0.111. The van der Waals surface area contributed by atoms with Crippen molar-refractivity contribution in [3.05, 3.63) is 50.9 Å². The summed E-state index contributed by atoms with van der Waals surface area (Å²) in [6.45, 7) is -0.0574. The SMILES string of the molecule is Nc1ccc(O)c(CNS(=O)(=O)c2cc(Br)ccc2Br)c1. The molecule has 0 bridgehead atoms. The fourth-order valence-electron chi connectivity index (χ4n) is 1.68. The van der Waals surface area contributed by atoms with Crippen LogP contribution in [0.25, 0.3) is 0 Å². The van der Waals surface area contributed by atoms with Crippen LogP contribution in [-0.2, 0) is 16.6 Å². The monoisotopic (exact) mass is 434 g/mol. The Morgan fingerprint density at radius 1 is 1.14 bits per heavy atom. The number of nitrogens with one attached hydrogen (secondary N) is 1. The Kier molecular flexibility index (Phi) is 4.92. The van der Waals surface area contributed by atoms with E-state index in [-0.39, 0.29) is 17.2 Å². The molecule has 0 unspecified atom stereocenters. The molecular weight excluding hydrogens is 424 g/mol. The van der Waals surface area contributed by atoms with Gasteiger partial charge in [-0.1, -0.05) is 15.9 Å². The van der Waals surface area contributed by atoms with Gasteiger partial charge in [-0.25, -0.2) is 13.1 Å². The van der Waals surface area contributed by atoms with E-state index in [1.54, 1.807) is 12.1 Å². The molecule has 4 N–H and O–H groups in total. The second-order valence-corrected chi connectivity index (χ2v) is 7.79. The average Bonchev–Trinajstić information content (AvgIpc) is 2.42. The molecule has 0 spiro atoms. The molecule has 0 radical (unpaired) electrons. The second-order valence-electron chi connectivity index (χ2n) is 4.29. The van der Waals surface area contributed by atoms with Crippen LogP contribution in [0.1, 0.15) is 5.56 Å². The molecule has 2 aromatic rings. The number of nitrogens with two attached hydrogens (primary N) is 1. The third-order valence-corrected chi connectivity index (χ3v) is 5.63. The van der Waals surface area contributed by atoms with Gasteiger partial charge in [0.05, 0.1) is 4.90 Å². The summed E-state index contributed by atoms with van der Waals surface area (Å²) in [6.07, 6.45) is 0. The van der Waals surface area contributed by atoms with Gasteiger partial charge in [0.25, 0.3) is 0 Å². The highest BCUT2D eigenvalue weighted by atomic mass is 79.9. The van der Waals surface area contributed by atoms with Crippen LogP contribution in [-0.4, -0.2) is 13.5 Å². The number of phenols is 1. The van der Waals surface area contributed by atoms with Gasteiger partial charge in [-0.05, 0) is 52.3 Å². The number of anilines is 1. The highest BCUT2D eigenvalue weighted by molar-refractivity contribution is 9.11. The molecule has 112 valence electrons. The standard InChI is InChI=1S/C13H12Br2N2O3S/c14-9-1-3-11(15)13(6-9)21(19,20)17-7-8-5-10(16)2-4-12(8)18/h1-6,17-18H,7,16H2. The number of hydrogen-bond donors (Lipinski definition) is 3. The molecule has 0 heterocycles. The summed E-state index contributed by atoms with van der Waals surface area (Å²) < 4.78 is 28.1. The molecule has 5 nitrogen and oxygen atoms in total. The first-order valence-corrected chi connectivity index (χ1v) is 8.88. The lowest BCUT2D eigenvalue weighted by atomic mass is 10.2. The molecule has 0 saturated heterocycles. The van der Waals surface area contributed by atoms with Gasteiger partial charge in [-0.2, -0.15) is 0 Å². The maximum Gasteiger partial charge on any atom is 0.242 e. The smallest absolute Gasteiger partial charge is 0.242 e. The number of benzene rings is 2. The van der Waals surface area contributed by atoms with Crippen LogP contribution in [0.2, 0.25) is 0 Å². The quantitative estimate of drug-likeness (QED) is 0.508. The van der Waals surface area contributed by atoms with Crippen molar-refractivity contribution in [2.24, 2.45) is 0 Å². The van der Waals surface area contributed by atoms with Crippen LogP contribution in [0.3, 0.4) is 0 Å². The number of hydrogen-bond acceptors (Lipinski definition) is 4. The molecule has 0 aromatic heterocycles. The molecule has 0 aliphatic rings. The molecule has 8 heteroatoms. The van der Waals surface area contributed by atoms with E-state index in [9.17, 15) is 13.5 Å². The number of sulfonamides is 1. The van der Waals surface area contributed by atoms with Crippen LogP contribution in [0.4, 0.5) is 5.69 Å². The first kappa shape index (κ1) is 16.3. The van der Waals surface area contributed by atoms with Gasteiger partial charge in [-0.15, -0.1) is 0 Å². The molecule has 2 aromatic carbocycles. The minimum atomic E-state index is -3.72. The lowest BCUT2D eigenvalue weighted by Gasteiger charge is -2.10. The molecule has 0 saturated carbocycles. The second kappa shape index (κ2) is 6.35. The molecule has 0 aliphatic heterocycles. The van der Waals surface area contributed by atoms with Crippen LogP contribution in [0.5, 0.6) is 5.75 Å². The van der Waals surface area contributed by atoms with Crippen molar-refractivity contribution >= 4 is 47.6 Å². The summed E-state index contributed by atoms with van der Waals surface area (Å²) in [5, 5.41) is 9.69. The Balaban J connectivity index is 2.26. The van der Waals surface area contributed by atoms with Gasteiger partial charge in [0.1, 0.15) is 5.75 Å². The topological polar surface area (TPSA) is 92.4 Å². The zero-order valence-corrected chi connectivity index (χ0v) is 14.7. The summed E-state index contributed by atoms with van der Waals surface area (Å²) in [5.41, 5.74) is 6.48. The molecule has 0 fully saturated rings. The van der Waals surface area contributed by atoms with E-state index in [0.717, 1.165) is 0 Å². The third kappa shape index (κ3) is 3.97. The van der Waals surface area contributed by atoms with Gasteiger partial charge >= 0.3 is 0 Å². The van der Waals surface area contributed by atoms with Crippen molar-refractivity contribution < 1.29 is 13.5 Å². The van der Waals surface area contributed by atoms with E-state index >= 15 is 0 Å². The molecule has 0 aliphatic carbocycles. The normalized spacial score (nSPS) is 11.5. The summed E-state index contributed by atoms with van der Waals surface area (Å²) in [6, 6.07) is 9.34. The Labute approximate surface area is 139 Å². The zero-order valence-electron chi connectivity index (χ0n) is 10.7. The Morgan fingerprint density at radius 3 is 2.57 bits per heavy atom. The first-order chi connectivity index (χ1) is 9.79. The van der Waals surface area contributed by atoms with Gasteiger partial charge in [0.15, 0.2) is 0 Å². The van der Waals surface area contributed by atoms with Gasteiger partial charge < -0.3 is 10.8 Å². The van der Waals surface area contributed by atoms with E-state index in [1.807, 2.05) is 0 Å². The van der Waals surface area contributed by atoms with E-state index in [0.29, 0.717) is 20.2 Å². The predicted octanol–water partition coefficient (Wildman–Crippen LogP) is 2.98. The van der Waals surface area contributed by atoms with Gasteiger partial charge in [-0.3, -0.25) is 0 Å². The van der Waals surface area contributed by atoms with E-state index in [2.05, 4.69) is 36.6 Å². The van der Waals surface area contributed by atoms with E-state index < -0.39 is 10.0 Å². The summed E-state index contributed by atoms with van der Waals surface area (Å²) >= 11 is 6.45. The largest absolute Gasteiger partial charge is 0.508 e. The minimum absolute atomic E-state index is 0.0137. The molecule has 0 amide bonds. The van der Waals surface area contributed by atoms with Gasteiger partial charge in [0.2, 0.25) is 10.0 Å². The molecular formula is C13H12Br2N2O3S. The predicted molar refractivity (Wildman–Crippen MR) is 88.4 cm³/mol. The maximum atomic E-state index is 12.3. The minimum Gasteiger partial charge on any atom is -0.508 e. The van der Waals surface area contributed by atoms with Crippen LogP contribution in [0, 0.1) is 0 Å². The Bertz CT molecular complexity index is 779. The van der Waals surface area contributed by atoms with Crippen molar-refractivity contribution in [1.29, 1.82) is 0 Å². The lowest BCUT2D eigenvalue weighted by Crippen LogP contribution is -2.23. The highest BCUT2D eigenvalue weighted by Crippen LogP contribution is 2.26. The zero-order chi connectivity index (χ0) is 15.6. The molecule has 2 rings (SSSR count). The molecule has 21 heavy (non-hydrogen) atoms. The van der Waals surface area contributed by atoms with Crippen molar-refractivity contribution in [3.8, 4) is 5.75 Å². The molecule has 0 atom stereocenters.